The number of ketones is 1. The van der Waals surface area contributed by atoms with E-state index in [1.807, 2.05) is 19.9 Å². The summed E-state index contributed by atoms with van der Waals surface area (Å²) in [6, 6.07) is 0. The maximum atomic E-state index is 12.8. The lowest BCUT2D eigenvalue weighted by atomic mass is 9.87. The molecule has 206 valence electrons. The number of aliphatic hydroxyl groups is 1. The number of ether oxygens (including phenoxy) is 1. The minimum absolute atomic E-state index is 0.0156. The topological polar surface area (TPSA) is 102 Å². The quantitative estimate of drug-likeness (QED) is 0.190. The predicted octanol–water partition coefficient (Wildman–Crippen LogP) is 4.95. The molecule has 1 saturated heterocycles. The summed E-state index contributed by atoms with van der Waals surface area (Å²) in [5.41, 5.74) is 0.723. The molecule has 0 saturated carbocycles. The van der Waals surface area contributed by atoms with E-state index >= 15 is 0 Å². The largest absolute Gasteiger partial charge is 0.410 e. The van der Waals surface area contributed by atoms with E-state index in [0.717, 1.165) is 5.57 Å². The summed E-state index contributed by atoms with van der Waals surface area (Å²) in [4.78, 5) is 35.9. The van der Waals surface area contributed by atoms with Gasteiger partial charge in [-0.15, -0.1) is 6.58 Å². The molecular formula is C28H49NO6Si. The van der Waals surface area contributed by atoms with Crippen LogP contribution in [0.4, 0.5) is 0 Å². The first-order valence-corrected chi connectivity index (χ1v) is 16.0. The third kappa shape index (κ3) is 9.36. The predicted molar refractivity (Wildman–Crippen MR) is 146 cm³/mol. The number of amides is 2. The molecule has 0 aromatic rings. The summed E-state index contributed by atoms with van der Waals surface area (Å²) in [5.74, 6) is -1.16. The van der Waals surface area contributed by atoms with Crippen molar-refractivity contribution in [1.82, 2.24) is 5.32 Å². The number of piperidine rings is 1. The van der Waals surface area contributed by atoms with Crippen LogP contribution in [0.25, 0.3) is 0 Å². The third-order valence-corrected chi connectivity index (χ3v) is 12.3. The number of hydrogen-bond acceptors (Lipinski definition) is 6. The molecule has 0 aliphatic carbocycles. The fourth-order valence-corrected chi connectivity index (χ4v) is 5.77. The van der Waals surface area contributed by atoms with Crippen LogP contribution in [-0.4, -0.2) is 56.4 Å². The van der Waals surface area contributed by atoms with Crippen molar-refractivity contribution in [3.05, 3.63) is 24.3 Å². The molecule has 0 aromatic carbocycles. The lowest BCUT2D eigenvalue weighted by Gasteiger charge is -2.42. The van der Waals surface area contributed by atoms with Gasteiger partial charge in [0, 0.05) is 38.2 Å². The SMILES string of the molecule is C=C[C@H](OC)[C@@H](O[Si](C)(C)C(C)(C)C)[C@H](C)C=C(C)[C@H](O)[C@H](C)C(=O)CCCC1CC(=O)NC(=O)C1. The van der Waals surface area contributed by atoms with E-state index in [9.17, 15) is 19.5 Å². The molecule has 5 atom stereocenters. The Balaban J connectivity index is 2.84. The van der Waals surface area contributed by atoms with Gasteiger partial charge in [-0.3, -0.25) is 19.7 Å². The van der Waals surface area contributed by atoms with Crippen molar-refractivity contribution in [3.63, 3.8) is 0 Å². The van der Waals surface area contributed by atoms with Crippen molar-refractivity contribution >= 4 is 25.9 Å². The van der Waals surface area contributed by atoms with Gasteiger partial charge in [-0.2, -0.15) is 0 Å². The van der Waals surface area contributed by atoms with Gasteiger partial charge in [-0.25, -0.2) is 0 Å². The summed E-state index contributed by atoms with van der Waals surface area (Å²) < 4.78 is 12.4. The Morgan fingerprint density at radius 2 is 1.78 bits per heavy atom. The molecule has 0 radical (unpaired) electrons. The Kier molecular flexibility index (Phi) is 12.4. The van der Waals surface area contributed by atoms with E-state index in [0.29, 0.717) is 32.1 Å². The highest BCUT2D eigenvalue weighted by molar-refractivity contribution is 6.74. The van der Waals surface area contributed by atoms with E-state index in [-0.39, 0.29) is 46.7 Å². The maximum Gasteiger partial charge on any atom is 0.226 e. The zero-order valence-corrected chi connectivity index (χ0v) is 24.8. The van der Waals surface area contributed by atoms with Gasteiger partial charge in [-0.05, 0) is 49.4 Å². The van der Waals surface area contributed by atoms with E-state index in [1.165, 1.54) is 0 Å². The van der Waals surface area contributed by atoms with Crippen LogP contribution in [0.3, 0.4) is 0 Å². The Bertz CT molecular complexity index is 799. The Hall–Kier alpha value is -1.61. The molecule has 0 aromatic heterocycles. The van der Waals surface area contributed by atoms with E-state index in [4.69, 9.17) is 9.16 Å². The summed E-state index contributed by atoms with van der Waals surface area (Å²) in [7, 11) is -0.460. The Morgan fingerprint density at radius 3 is 2.25 bits per heavy atom. The van der Waals surface area contributed by atoms with Crippen LogP contribution in [-0.2, 0) is 23.5 Å². The third-order valence-electron chi connectivity index (χ3n) is 7.82. The van der Waals surface area contributed by atoms with Gasteiger partial charge in [0.1, 0.15) is 11.9 Å². The lowest BCUT2D eigenvalue weighted by Crippen LogP contribution is -2.49. The number of carbonyl (C=O) groups excluding carboxylic acids is 3. The average Bonchev–Trinajstić information content (AvgIpc) is 2.76. The summed E-state index contributed by atoms with van der Waals surface area (Å²) in [6.07, 6.45) is 4.46. The van der Waals surface area contributed by atoms with Crippen LogP contribution in [0.2, 0.25) is 18.1 Å². The highest BCUT2D eigenvalue weighted by Crippen LogP contribution is 2.39. The number of methoxy groups -OCH3 is 1. The van der Waals surface area contributed by atoms with E-state index in [2.05, 4.69) is 45.8 Å². The zero-order valence-electron chi connectivity index (χ0n) is 23.8. The molecule has 1 aliphatic rings. The van der Waals surface area contributed by atoms with Gasteiger partial charge in [0.2, 0.25) is 11.8 Å². The van der Waals surface area contributed by atoms with Crippen LogP contribution < -0.4 is 5.32 Å². The summed E-state index contributed by atoms with van der Waals surface area (Å²) in [5, 5.41) is 13.3. The average molecular weight is 524 g/mol. The fourth-order valence-electron chi connectivity index (χ4n) is 4.38. The second-order valence-electron chi connectivity index (χ2n) is 11.9. The normalized spacial score (nSPS) is 20.3. The summed E-state index contributed by atoms with van der Waals surface area (Å²) in [6.45, 7) is 20.5. The number of Topliss-reactive ketones (excluding diaryl/α,β-unsaturated/α-hetero) is 1. The van der Waals surface area contributed by atoms with Crippen LogP contribution >= 0.6 is 0 Å². The minimum atomic E-state index is -2.10. The number of imide groups is 1. The number of nitrogens with one attached hydrogen (secondary N) is 1. The monoisotopic (exact) mass is 523 g/mol. The van der Waals surface area contributed by atoms with Gasteiger partial charge in [0.05, 0.1) is 12.2 Å². The van der Waals surface area contributed by atoms with Crippen molar-refractivity contribution in [2.24, 2.45) is 17.8 Å². The highest BCUT2D eigenvalue weighted by atomic mass is 28.4. The van der Waals surface area contributed by atoms with Crippen molar-refractivity contribution < 1.29 is 28.7 Å². The fraction of sp³-hybridized carbons (Fsp3) is 0.750. The second-order valence-corrected chi connectivity index (χ2v) is 16.6. The number of hydrogen-bond donors (Lipinski definition) is 2. The van der Waals surface area contributed by atoms with Crippen molar-refractivity contribution in [2.45, 2.75) is 110 Å². The minimum Gasteiger partial charge on any atom is -0.410 e. The maximum absolute atomic E-state index is 12.8. The van der Waals surface area contributed by atoms with Gasteiger partial charge in [0.15, 0.2) is 8.32 Å². The van der Waals surface area contributed by atoms with Crippen LogP contribution in [0.15, 0.2) is 24.3 Å². The lowest BCUT2D eigenvalue weighted by molar-refractivity contribution is -0.134. The molecule has 0 unspecified atom stereocenters. The molecule has 1 aliphatic heterocycles. The first-order chi connectivity index (χ1) is 16.5. The number of aliphatic hydroxyl groups excluding tert-OH is 1. The molecule has 0 bridgehead atoms. The molecule has 2 amide bonds. The van der Waals surface area contributed by atoms with Crippen LogP contribution in [0, 0.1) is 17.8 Å². The molecule has 2 N–H and O–H groups in total. The first kappa shape index (κ1) is 32.4. The smallest absolute Gasteiger partial charge is 0.226 e. The van der Waals surface area contributed by atoms with Gasteiger partial charge >= 0.3 is 0 Å². The number of rotatable bonds is 14. The molecule has 1 rings (SSSR count). The van der Waals surface area contributed by atoms with Crippen molar-refractivity contribution in [3.8, 4) is 0 Å². The zero-order chi connectivity index (χ0) is 27.8. The van der Waals surface area contributed by atoms with Crippen molar-refractivity contribution in [1.29, 1.82) is 0 Å². The second kappa shape index (κ2) is 13.8. The van der Waals surface area contributed by atoms with E-state index in [1.54, 1.807) is 20.1 Å². The Morgan fingerprint density at radius 1 is 1.22 bits per heavy atom. The first-order valence-electron chi connectivity index (χ1n) is 13.1. The molecule has 1 fully saturated rings. The molecule has 0 spiro atoms. The van der Waals surface area contributed by atoms with Gasteiger partial charge in [-0.1, -0.05) is 46.8 Å². The standard InChI is InChI=1S/C28H49NO6Si/c1-11-23(34-8)27(35-36(9,10)28(5,6)7)19(3)15-18(2)26(33)20(4)22(30)14-12-13-21-16-24(31)29-25(32)17-21/h11,15,19-21,23,26-27,33H,1,12-14,16-17H2,2-10H3,(H,29,31,32)/t19-,20-,23+,26+,27+/m1/s1. The molecular weight excluding hydrogens is 474 g/mol. The van der Waals surface area contributed by atoms with Crippen molar-refractivity contribution in [2.75, 3.05) is 7.11 Å². The van der Waals surface area contributed by atoms with E-state index < -0.39 is 20.3 Å². The highest BCUT2D eigenvalue weighted by Gasteiger charge is 2.41. The van der Waals surface area contributed by atoms with Crippen LogP contribution in [0.1, 0.15) is 73.6 Å². The molecule has 8 heteroatoms. The Labute approximate surface area is 219 Å². The van der Waals surface area contributed by atoms with Gasteiger partial charge < -0.3 is 14.3 Å². The molecule has 7 nitrogen and oxygen atoms in total. The molecule has 1 heterocycles. The summed E-state index contributed by atoms with van der Waals surface area (Å²) >= 11 is 0. The van der Waals surface area contributed by atoms with Crippen LogP contribution in [0.5, 0.6) is 0 Å². The van der Waals surface area contributed by atoms with Gasteiger partial charge in [0.25, 0.3) is 0 Å². The molecule has 36 heavy (non-hydrogen) atoms. The number of carbonyl (C=O) groups is 3.